The van der Waals surface area contributed by atoms with E-state index in [0.717, 1.165) is 24.1 Å². The molecule has 0 spiro atoms. The summed E-state index contributed by atoms with van der Waals surface area (Å²) in [6.45, 7) is 3.37. The highest BCUT2D eigenvalue weighted by Gasteiger charge is 2.18. The highest BCUT2D eigenvalue weighted by atomic mass is 16.1. The minimum Gasteiger partial charge on any atom is -0.385 e. The SMILES string of the molecule is CC1CCCC(CNc2ccc(C(N)=O)cc2)C1. The van der Waals surface area contributed by atoms with Crippen LogP contribution in [0.25, 0.3) is 0 Å². The third kappa shape index (κ3) is 3.49. The molecule has 1 saturated carbocycles. The fourth-order valence-electron chi connectivity index (χ4n) is 2.76. The minimum absolute atomic E-state index is 0.373. The summed E-state index contributed by atoms with van der Waals surface area (Å²) in [6, 6.07) is 7.39. The average Bonchev–Trinajstić information content (AvgIpc) is 2.37. The van der Waals surface area contributed by atoms with Gasteiger partial charge in [-0.3, -0.25) is 4.79 Å². The van der Waals surface area contributed by atoms with E-state index in [1.165, 1.54) is 25.7 Å². The minimum atomic E-state index is -0.373. The molecule has 1 amide bonds. The largest absolute Gasteiger partial charge is 0.385 e. The van der Waals surface area contributed by atoms with Crippen molar-refractivity contribution in [2.24, 2.45) is 17.6 Å². The van der Waals surface area contributed by atoms with Gasteiger partial charge in [-0.25, -0.2) is 0 Å². The molecule has 1 aromatic rings. The molecule has 0 saturated heterocycles. The molecule has 0 heterocycles. The Morgan fingerprint density at radius 2 is 2.06 bits per heavy atom. The normalized spacial score (nSPS) is 23.6. The summed E-state index contributed by atoms with van der Waals surface area (Å²) in [5, 5.41) is 3.45. The van der Waals surface area contributed by atoms with Gasteiger partial charge in [0.1, 0.15) is 0 Å². The predicted octanol–water partition coefficient (Wildman–Crippen LogP) is 3.02. The molecule has 1 aliphatic rings. The Hall–Kier alpha value is -1.51. The number of anilines is 1. The Balaban J connectivity index is 1.84. The Labute approximate surface area is 109 Å². The first-order valence-corrected chi connectivity index (χ1v) is 6.79. The van der Waals surface area contributed by atoms with Crippen LogP contribution in [0.15, 0.2) is 24.3 Å². The van der Waals surface area contributed by atoms with Gasteiger partial charge in [0.2, 0.25) is 5.91 Å². The van der Waals surface area contributed by atoms with Crippen molar-refractivity contribution in [3.05, 3.63) is 29.8 Å². The van der Waals surface area contributed by atoms with E-state index >= 15 is 0 Å². The van der Waals surface area contributed by atoms with E-state index in [2.05, 4.69) is 12.2 Å². The lowest BCUT2D eigenvalue weighted by atomic mass is 9.82. The molecule has 0 radical (unpaired) electrons. The first-order chi connectivity index (χ1) is 8.65. The average molecular weight is 246 g/mol. The van der Waals surface area contributed by atoms with Gasteiger partial charge in [0, 0.05) is 17.8 Å². The summed E-state index contributed by atoms with van der Waals surface area (Å²) in [6.07, 6.45) is 5.39. The van der Waals surface area contributed by atoms with Gasteiger partial charge in [0.15, 0.2) is 0 Å². The molecule has 1 fully saturated rings. The van der Waals surface area contributed by atoms with Crippen LogP contribution in [-0.4, -0.2) is 12.5 Å². The van der Waals surface area contributed by atoms with Crippen molar-refractivity contribution < 1.29 is 4.79 Å². The maximum atomic E-state index is 11.0. The van der Waals surface area contributed by atoms with E-state index < -0.39 is 0 Å². The topological polar surface area (TPSA) is 55.1 Å². The second-order valence-electron chi connectivity index (χ2n) is 5.46. The Morgan fingerprint density at radius 1 is 1.33 bits per heavy atom. The molecular weight excluding hydrogens is 224 g/mol. The van der Waals surface area contributed by atoms with Crippen molar-refractivity contribution in [3.8, 4) is 0 Å². The second kappa shape index (κ2) is 5.89. The van der Waals surface area contributed by atoms with Crippen molar-refractivity contribution in [2.75, 3.05) is 11.9 Å². The third-order valence-electron chi connectivity index (χ3n) is 3.81. The Kier molecular flexibility index (Phi) is 4.24. The lowest BCUT2D eigenvalue weighted by molar-refractivity contribution is 0.100. The smallest absolute Gasteiger partial charge is 0.248 e. The van der Waals surface area contributed by atoms with Gasteiger partial charge in [0.25, 0.3) is 0 Å². The molecule has 1 aromatic carbocycles. The molecule has 3 heteroatoms. The van der Waals surface area contributed by atoms with E-state index in [1.807, 2.05) is 12.1 Å². The van der Waals surface area contributed by atoms with Crippen LogP contribution in [0.2, 0.25) is 0 Å². The van der Waals surface area contributed by atoms with Gasteiger partial charge in [-0.05, 0) is 48.9 Å². The molecule has 1 aliphatic carbocycles. The zero-order valence-electron chi connectivity index (χ0n) is 11.0. The van der Waals surface area contributed by atoms with Crippen LogP contribution in [0.3, 0.4) is 0 Å². The maximum absolute atomic E-state index is 11.0. The van der Waals surface area contributed by atoms with Crippen LogP contribution in [0.5, 0.6) is 0 Å². The van der Waals surface area contributed by atoms with Crippen molar-refractivity contribution in [1.29, 1.82) is 0 Å². The molecule has 3 nitrogen and oxygen atoms in total. The van der Waals surface area contributed by atoms with Crippen LogP contribution in [-0.2, 0) is 0 Å². The van der Waals surface area contributed by atoms with E-state index in [0.29, 0.717) is 5.56 Å². The summed E-state index contributed by atoms with van der Waals surface area (Å²) >= 11 is 0. The molecule has 0 aromatic heterocycles. The van der Waals surface area contributed by atoms with Gasteiger partial charge in [-0.15, -0.1) is 0 Å². The van der Waals surface area contributed by atoms with Crippen molar-refractivity contribution >= 4 is 11.6 Å². The predicted molar refractivity (Wildman–Crippen MR) is 74.6 cm³/mol. The lowest BCUT2D eigenvalue weighted by Gasteiger charge is -2.27. The molecule has 98 valence electrons. The summed E-state index contributed by atoms with van der Waals surface area (Å²) in [4.78, 5) is 11.0. The molecular formula is C15H22N2O. The fourth-order valence-corrected chi connectivity index (χ4v) is 2.76. The standard InChI is InChI=1S/C15H22N2O/c1-11-3-2-4-12(9-11)10-17-14-7-5-13(6-8-14)15(16)18/h5-8,11-12,17H,2-4,9-10H2,1H3,(H2,16,18). The van der Waals surface area contributed by atoms with Crippen molar-refractivity contribution in [2.45, 2.75) is 32.6 Å². The summed E-state index contributed by atoms with van der Waals surface area (Å²) in [5.41, 5.74) is 6.84. The van der Waals surface area contributed by atoms with Gasteiger partial charge < -0.3 is 11.1 Å². The quantitative estimate of drug-likeness (QED) is 0.858. The Morgan fingerprint density at radius 3 is 2.67 bits per heavy atom. The number of carbonyl (C=O) groups is 1. The van der Waals surface area contributed by atoms with Gasteiger partial charge in [0.05, 0.1) is 0 Å². The second-order valence-corrected chi connectivity index (χ2v) is 5.46. The van der Waals surface area contributed by atoms with E-state index in [1.54, 1.807) is 12.1 Å². The maximum Gasteiger partial charge on any atom is 0.248 e. The number of rotatable bonds is 4. The number of carbonyl (C=O) groups excluding carboxylic acids is 1. The summed E-state index contributed by atoms with van der Waals surface area (Å²) in [7, 11) is 0. The van der Waals surface area contributed by atoms with Crippen LogP contribution >= 0.6 is 0 Å². The van der Waals surface area contributed by atoms with E-state index in [9.17, 15) is 4.79 Å². The summed E-state index contributed by atoms with van der Waals surface area (Å²) in [5.74, 6) is 1.27. The molecule has 3 N–H and O–H groups in total. The molecule has 2 atom stereocenters. The van der Waals surface area contributed by atoms with Crippen molar-refractivity contribution in [1.82, 2.24) is 0 Å². The molecule has 0 bridgehead atoms. The number of benzene rings is 1. The molecule has 18 heavy (non-hydrogen) atoms. The van der Waals surface area contributed by atoms with Crippen LogP contribution in [0, 0.1) is 11.8 Å². The number of nitrogens with two attached hydrogens (primary N) is 1. The molecule has 2 rings (SSSR count). The fraction of sp³-hybridized carbons (Fsp3) is 0.533. The number of hydrogen-bond donors (Lipinski definition) is 2. The number of amides is 1. The van der Waals surface area contributed by atoms with E-state index in [-0.39, 0.29) is 5.91 Å². The van der Waals surface area contributed by atoms with Crippen LogP contribution in [0.1, 0.15) is 43.0 Å². The van der Waals surface area contributed by atoms with Crippen LogP contribution in [0.4, 0.5) is 5.69 Å². The number of nitrogens with one attached hydrogen (secondary N) is 1. The van der Waals surface area contributed by atoms with Crippen molar-refractivity contribution in [3.63, 3.8) is 0 Å². The zero-order chi connectivity index (χ0) is 13.0. The van der Waals surface area contributed by atoms with Gasteiger partial charge in [-0.1, -0.05) is 19.8 Å². The number of hydrogen-bond acceptors (Lipinski definition) is 2. The zero-order valence-corrected chi connectivity index (χ0v) is 11.0. The highest BCUT2D eigenvalue weighted by Crippen LogP contribution is 2.28. The highest BCUT2D eigenvalue weighted by molar-refractivity contribution is 5.93. The van der Waals surface area contributed by atoms with Crippen LogP contribution < -0.4 is 11.1 Å². The first-order valence-electron chi connectivity index (χ1n) is 6.79. The Bertz CT molecular complexity index is 399. The van der Waals surface area contributed by atoms with E-state index in [4.69, 9.17) is 5.73 Å². The molecule has 2 unspecified atom stereocenters. The first kappa shape index (κ1) is 12.9. The molecule has 0 aliphatic heterocycles. The van der Waals surface area contributed by atoms with Gasteiger partial charge in [-0.2, -0.15) is 0 Å². The monoisotopic (exact) mass is 246 g/mol. The number of primary amides is 1. The van der Waals surface area contributed by atoms with Gasteiger partial charge >= 0.3 is 0 Å². The lowest BCUT2D eigenvalue weighted by Crippen LogP contribution is -2.21. The summed E-state index contributed by atoms with van der Waals surface area (Å²) < 4.78 is 0. The third-order valence-corrected chi connectivity index (χ3v) is 3.81.